The molecule has 2 aliphatic heterocycles. The van der Waals surface area contributed by atoms with Gasteiger partial charge in [-0.1, -0.05) is 36.4 Å². The minimum Gasteiger partial charge on any atom is -0.480 e. The zero-order valence-corrected chi connectivity index (χ0v) is 18.1. The van der Waals surface area contributed by atoms with Crippen molar-refractivity contribution in [1.82, 2.24) is 5.32 Å². The molecule has 2 aliphatic rings. The topological polar surface area (TPSA) is 113 Å². The molecule has 0 radical (unpaired) electrons. The fraction of sp³-hybridized carbons (Fsp3) is 0.478. The quantitative estimate of drug-likeness (QED) is 0.695. The smallest absolute Gasteiger partial charge is 0.329 e. The molecule has 9 nitrogen and oxygen atoms in total. The van der Waals surface area contributed by atoms with E-state index in [2.05, 4.69) is 5.32 Å². The molecule has 4 rings (SSSR count). The normalized spacial score (nSPS) is 29.2. The van der Waals surface area contributed by atoms with Gasteiger partial charge in [-0.15, -0.1) is 0 Å². The number of carboxylic acid groups (broad SMARTS) is 1. The zero-order valence-electron chi connectivity index (χ0n) is 18.1. The van der Waals surface area contributed by atoms with Crippen molar-refractivity contribution in [2.45, 2.75) is 57.2 Å². The van der Waals surface area contributed by atoms with Gasteiger partial charge in [0, 0.05) is 12.3 Å². The number of carbonyl (C=O) groups is 2. The molecule has 2 aromatic carbocycles. The van der Waals surface area contributed by atoms with E-state index in [-0.39, 0.29) is 12.5 Å². The van der Waals surface area contributed by atoms with Gasteiger partial charge in [0.1, 0.15) is 36.7 Å². The number of benzene rings is 2. The summed E-state index contributed by atoms with van der Waals surface area (Å²) >= 11 is 0. The number of nitrogens with one attached hydrogen (secondary N) is 1. The highest BCUT2D eigenvalue weighted by Crippen LogP contribution is 2.36. The van der Waals surface area contributed by atoms with Crippen molar-refractivity contribution in [3.63, 3.8) is 0 Å². The van der Waals surface area contributed by atoms with Gasteiger partial charge in [-0.2, -0.15) is 0 Å². The minimum atomic E-state index is -1.13. The lowest BCUT2D eigenvalue weighted by molar-refractivity contribution is -0.364. The molecule has 2 N–H and O–H groups in total. The maximum absolute atomic E-state index is 12.0. The van der Waals surface area contributed by atoms with Crippen LogP contribution in [0.1, 0.15) is 20.8 Å². The highest BCUT2D eigenvalue weighted by Gasteiger charge is 2.53. The number of hydrogen-bond donors (Lipinski definition) is 2. The van der Waals surface area contributed by atoms with Crippen LogP contribution in [-0.4, -0.2) is 66.6 Å². The van der Waals surface area contributed by atoms with Gasteiger partial charge in [0.05, 0.1) is 6.61 Å². The third kappa shape index (κ3) is 4.86. The van der Waals surface area contributed by atoms with Crippen molar-refractivity contribution in [3.8, 4) is 5.75 Å². The van der Waals surface area contributed by atoms with E-state index in [1.54, 1.807) is 13.8 Å². The zero-order chi connectivity index (χ0) is 22.9. The molecule has 172 valence electrons. The van der Waals surface area contributed by atoms with Crippen LogP contribution in [0.2, 0.25) is 0 Å². The van der Waals surface area contributed by atoms with Gasteiger partial charge >= 0.3 is 5.97 Å². The van der Waals surface area contributed by atoms with Gasteiger partial charge in [0.15, 0.2) is 5.79 Å². The van der Waals surface area contributed by atoms with Gasteiger partial charge in [-0.25, -0.2) is 4.79 Å². The summed E-state index contributed by atoms with van der Waals surface area (Å²) in [6.07, 6.45) is -3.04. The number of carbonyl (C=O) groups excluding carboxylic acids is 1. The Hall–Kier alpha value is -2.72. The highest BCUT2D eigenvalue weighted by atomic mass is 16.8. The molecular weight excluding hydrogens is 418 g/mol. The summed E-state index contributed by atoms with van der Waals surface area (Å²) in [6.45, 7) is 4.51. The number of amides is 1. The van der Waals surface area contributed by atoms with E-state index in [9.17, 15) is 14.7 Å². The van der Waals surface area contributed by atoms with Crippen molar-refractivity contribution in [3.05, 3.63) is 42.5 Å². The summed E-state index contributed by atoms with van der Waals surface area (Å²) in [4.78, 5) is 23.3. The van der Waals surface area contributed by atoms with Crippen LogP contribution in [0, 0.1) is 0 Å². The molecule has 1 amide bonds. The van der Waals surface area contributed by atoms with Crippen molar-refractivity contribution in [2.24, 2.45) is 0 Å². The van der Waals surface area contributed by atoms with E-state index in [0.29, 0.717) is 5.75 Å². The fourth-order valence-electron chi connectivity index (χ4n) is 4.10. The molecule has 2 aromatic rings. The van der Waals surface area contributed by atoms with Crippen LogP contribution in [0.25, 0.3) is 10.8 Å². The maximum Gasteiger partial charge on any atom is 0.329 e. The van der Waals surface area contributed by atoms with Crippen LogP contribution < -0.4 is 10.1 Å². The summed E-state index contributed by atoms with van der Waals surface area (Å²) in [6, 6.07) is 12.6. The van der Waals surface area contributed by atoms with Crippen LogP contribution in [0.15, 0.2) is 42.5 Å². The molecule has 2 heterocycles. The predicted octanol–water partition coefficient (Wildman–Crippen LogP) is 2.07. The minimum absolute atomic E-state index is 0.201. The Balaban J connectivity index is 1.68. The number of hydrogen-bond acceptors (Lipinski definition) is 7. The van der Waals surface area contributed by atoms with Gasteiger partial charge < -0.3 is 34.1 Å². The van der Waals surface area contributed by atoms with Crippen molar-refractivity contribution in [2.75, 3.05) is 13.2 Å². The average Bonchev–Trinajstić information content (AvgIpc) is 2.73. The van der Waals surface area contributed by atoms with E-state index >= 15 is 0 Å². The Morgan fingerprint density at radius 3 is 2.69 bits per heavy atom. The second-order valence-corrected chi connectivity index (χ2v) is 8.33. The summed E-state index contributed by atoms with van der Waals surface area (Å²) in [5.41, 5.74) is 0. The highest BCUT2D eigenvalue weighted by molar-refractivity contribution is 5.88. The van der Waals surface area contributed by atoms with Crippen molar-refractivity contribution in [1.29, 1.82) is 0 Å². The Morgan fingerprint density at radius 2 is 1.94 bits per heavy atom. The first-order valence-corrected chi connectivity index (χ1v) is 10.5. The number of aliphatic carboxylic acids is 1. The first-order chi connectivity index (χ1) is 15.2. The first-order valence-electron chi connectivity index (χ1n) is 10.5. The Labute approximate surface area is 185 Å². The molecule has 0 saturated carbocycles. The third-order valence-corrected chi connectivity index (χ3v) is 5.42. The Kier molecular flexibility index (Phi) is 6.34. The third-order valence-electron chi connectivity index (χ3n) is 5.42. The van der Waals surface area contributed by atoms with Gasteiger partial charge in [-0.05, 0) is 25.3 Å². The van der Waals surface area contributed by atoms with E-state index in [1.165, 1.54) is 6.92 Å². The molecule has 0 spiro atoms. The van der Waals surface area contributed by atoms with Crippen LogP contribution >= 0.6 is 0 Å². The predicted molar refractivity (Wildman–Crippen MR) is 113 cm³/mol. The number of fused-ring (bicyclic) bond motifs is 2. The van der Waals surface area contributed by atoms with E-state index in [4.69, 9.17) is 23.7 Å². The van der Waals surface area contributed by atoms with Gasteiger partial charge in [-0.3, -0.25) is 4.79 Å². The van der Waals surface area contributed by atoms with Crippen LogP contribution in [0.5, 0.6) is 5.75 Å². The average molecular weight is 445 g/mol. The molecular formula is C23H27NO8. The summed E-state index contributed by atoms with van der Waals surface area (Å²) in [7, 11) is 0. The summed E-state index contributed by atoms with van der Waals surface area (Å²) in [5.74, 6) is -1.82. The first kappa shape index (κ1) is 22.5. The molecule has 9 heteroatoms. The van der Waals surface area contributed by atoms with Crippen molar-refractivity contribution >= 4 is 22.6 Å². The molecule has 32 heavy (non-hydrogen) atoms. The van der Waals surface area contributed by atoms with Crippen LogP contribution in [0.4, 0.5) is 0 Å². The Bertz CT molecular complexity index is 988. The van der Waals surface area contributed by atoms with Gasteiger partial charge in [0.2, 0.25) is 12.2 Å². The van der Waals surface area contributed by atoms with E-state index in [0.717, 1.165) is 10.8 Å². The molecule has 0 aromatic heterocycles. The number of rotatable bonds is 6. The lowest BCUT2D eigenvalue weighted by Gasteiger charge is -2.50. The molecule has 5 unspecified atom stereocenters. The standard InChI is InChI=1S/C23H27NO8/c1-13(25)24-19-21(28-12-18(26)27)20-17(11-29-23(2,3)32-20)31-22(19)30-16-10-6-8-14-7-4-5-9-15(14)16/h4-10,17,19-22H,11-12H2,1-3H3,(H,24,25)(H,26,27). The van der Waals surface area contributed by atoms with Gasteiger partial charge in [0.25, 0.3) is 0 Å². The molecule has 2 saturated heterocycles. The molecule has 5 atom stereocenters. The van der Waals surface area contributed by atoms with E-state index < -0.39 is 49.0 Å². The largest absolute Gasteiger partial charge is 0.480 e. The molecule has 0 aliphatic carbocycles. The number of ether oxygens (including phenoxy) is 5. The van der Waals surface area contributed by atoms with Crippen LogP contribution in [0.3, 0.4) is 0 Å². The summed E-state index contributed by atoms with van der Waals surface area (Å²) in [5, 5.41) is 13.9. The lowest BCUT2D eigenvalue weighted by Crippen LogP contribution is -2.69. The Morgan fingerprint density at radius 1 is 1.19 bits per heavy atom. The number of carboxylic acids is 1. The second kappa shape index (κ2) is 9.03. The lowest BCUT2D eigenvalue weighted by atomic mass is 9.95. The molecule has 0 bridgehead atoms. The monoisotopic (exact) mass is 445 g/mol. The summed E-state index contributed by atoms with van der Waals surface area (Å²) < 4.78 is 29.9. The van der Waals surface area contributed by atoms with E-state index in [1.807, 2.05) is 42.5 Å². The molecule has 2 fully saturated rings. The SMILES string of the molecule is CC(=O)NC1C(Oc2cccc3ccccc23)OC2COC(C)(C)OC2C1OCC(=O)O. The second-order valence-electron chi connectivity index (χ2n) is 8.33. The van der Waals surface area contributed by atoms with Crippen LogP contribution in [-0.2, 0) is 28.5 Å². The maximum atomic E-state index is 12.0. The van der Waals surface area contributed by atoms with Crippen molar-refractivity contribution < 1.29 is 38.4 Å². The fourth-order valence-corrected chi connectivity index (χ4v) is 4.10.